The van der Waals surface area contributed by atoms with Crippen LogP contribution in [0.4, 0.5) is 0 Å². The molecule has 14 heavy (non-hydrogen) atoms. The maximum absolute atomic E-state index is 4.06. The summed E-state index contributed by atoms with van der Waals surface area (Å²) in [4.78, 5) is 6.19. The molecule has 1 rings (SSSR count). The fraction of sp³-hybridized carbons (Fsp3) is 0.600. The molecule has 0 fully saturated rings. The summed E-state index contributed by atoms with van der Waals surface area (Å²) in [5.74, 6) is 0. The van der Waals surface area contributed by atoms with Gasteiger partial charge in [-0.3, -0.25) is 4.68 Å². The molecule has 0 saturated heterocycles. The molecule has 0 aliphatic carbocycles. The Labute approximate surface area is 85.2 Å². The SMILES string of the molecule is C/C=C\N(CCn1cncn1)C(C)C. The Kier molecular flexibility index (Phi) is 4.16. The lowest BCUT2D eigenvalue weighted by atomic mass is 10.3. The highest BCUT2D eigenvalue weighted by molar-refractivity contribution is 4.80. The highest BCUT2D eigenvalue weighted by Gasteiger charge is 2.03. The molecule has 4 heteroatoms. The molecule has 4 nitrogen and oxygen atoms in total. The van der Waals surface area contributed by atoms with Gasteiger partial charge in [-0.05, 0) is 27.0 Å². The van der Waals surface area contributed by atoms with Crippen molar-refractivity contribution in [1.29, 1.82) is 0 Å². The predicted octanol–water partition coefficient (Wildman–Crippen LogP) is 1.52. The van der Waals surface area contributed by atoms with Gasteiger partial charge in [0.1, 0.15) is 12.7 Å². The van der Waals surface area contributed by atoms with Gasteiger partial charge in [0.2, 0.25) is 0 Å². The molecular formula is C10H18N4. The Hall–Kier alpha value is -1.32. The van der Waals surface area contributed by atoms with E-state index in [9.17, 15) is 0 Å². The summed E-state index contributed by atoms with van der Waals surface area (Å²) in [7, 11) is 0. The highest BCUT2D eigenvalue weighted by Crippen LogP contribution is 1.99. The highest BCUT2D eigenvalue weighted by atomic mass is 15.3. The standard InChI is InChI=1S/C10H18N4/c1-4-5-13(10(2)3)6-7-14-9-11-8-12-14/h4-5,8-10H,6-7H2,1-3H3/b5-4-. The van der Waals surface area contributed by atoms with E-state index >= 15 is 0 Å². The van der Waals surface area contributed by atoms with Gasteiger partial charge in [0.05, 0.1) is 6.54 Å². The van der Waals surface area contributed by atoms with Crippen molar-refractivity contribution in [3.05, 3.63) is 24.9 Å². The van der Waals surface area contributed by atoms with E-state index in [2.05, 4.69) is 41.1 Å². The lowest BCUT2D eigenvalue weighted by Crippen LogP contribution is -2.29. The van der Waals surface area contributed by atoms with Crippen molar-refractivity contribution >= 4 is 0 Å². The van der Waals surface area contributed by atoms with Crippen molar-refractivity contribution in [2.45, 2.75) is 33.4 Å². The zero-order valence-electron chi connectivity index (χ0n) is 9.09. The van der Waals surface area contributed by atoms with Crippen molar-refractivity contribution in [2.24, 2.45) is 0 Å². The van der Waals surface area contributed by atoms with E-state index in [1.54, 1.807) is 12.7 Å². The fourth-order valence-electron chi connectivity index (χ4n) is 1.26. The van der Waals surface area contributed by atoms with Crippen LogP contribution in [0.25, 0.3) is 0 Å². The number of nitrogens with zero attached hydrogens (tertiary/aromatic N) is 4. The van der Waals surface area contributed by atoms with Crippen LogP contribution in [-0.2, 0) is 6.54 Å². The van der Waals surface area contributed by atoms with E-state index in [-0.39, 0.29) is 0 Å². The normalized spacial score (nSPS) is 11.4. The molecule has 0 N–H and O–H groups in total. The first kappa shape index (κ1) is 10.8. The Bertz CT molecular complexity index is 264. The van der Waals surface area contributed by atoms with Gasteiger partial charge in [0, 0.05) is 12.6 Å². The molecule has 78 valence electrons. The minimum atomic E-state index is 0.523. The van der Waals surface area contributed by atoms with Crippen molar-refractivity contribution in [3.63, 3.8) is 0 Å². The van der Waals surface area contributed by atoms with Crippen LogP contribution >= 0.6 is 0 Å². The zero-order valence-corrected chi connectivity index (χ0v) is 9.09. The van der Waals surface area contributed by atoms with Gasteiger partial charge in [0.25, 0.3) is 0 Å². The number of hydrogen-bond donors (Lipinski definition) is 0. The molecule has 0 atom stereocenters. The van der Waals surface area contributed by atoms with E-state index in [0.717, 1.165) is 13.1 Å². The second kappa shape index (κ2) is 5.42. The molecule has 0 unspecified atom stereocenters. The quantitative estimate of drug-likeness (QED) is 0.712. The third-order valence-electron chi connectivity index (χ3n) is 2.06. The summed E-state index contributed by atoms with van der Waals surface area (Å²) in [6.45, 7) is 8.24. The molecule has 0 saturated carbocycles. The third kappa shape index (κ3) is 3.20. The first-order valence-corrected chi connectivity index (χ1v) is 4.95. The van der Waals surface area contributed by atoms with Crippen LogP contribution in [0, 0.1) is 0 Å². The first-order chi connectivity index (χ1) is 6.74. The second-order valence-electron chi connectivity index (χ2n) is 3.47. The summed E-state index contributed by atoms with van der Waals surface area (Å²) in [5.41, 5.74) is 0. The molecule has 0 spiro atoms. The van der Waals surface area contributed by atoms with Crippen LogP contribution in [0.2, 0.25) is 0 Å². The molecule has 1 heterocycles. The Morgan fingerprint density at radius 3 is 2.79 bits per heavy atom. The van der Waals surface area contributed by atoms with E-state index in [1.165, 1.54) is 0 Å². The van der Waals surface area contributed by atoms with Gasteiger partial charge in [-0.15, -0.1) is 0 Å². The fourth-order valence-corrected chi connectivity index (χ4v) is 1.26. The summed E-state index contributed by atoms with van der Waals surface area (Å²) >= 11 is 0. The first-order valence-electron chi connectivity index (χ1n) is 4.95. The Morgan fingerprint density at radius 2 is 2.29 bits per heavy atom. The number of aromatic nitrogens is 3. The van der Waals surface area contributed by atoms with Gasteiger partial charge in [-0.25, -0.2) is 4.98 Å². The van der Waals surface area contributed by atoms with Crippen LogP contribution in [0.3, 0.4) is 0 Å². The monoisotopic (exact) mass is 194 g/mol. The molecular weight excluding hydrogens is 176 g/mol. The Morgan fingerprint density at radius 1 is 1.50 bits per heavy atom. The summed E-state index contributed by atoms with van der Waals surface area (Å²) in [6, 6.07) is 0.523. The molecule has 0 aliphatic heterocycles. The zero-order chi connectivity index (χ0) is 10.4. The van der Waals surface area contributed by atoms with Crippen LogP contribution in [0.15, 0.2) is 24.9 Å². The Balaban J connectivity index is 2.41. The largest absolute Gasteiger partial charge is 0.373 e. The van der Waals surface area contributed by atoms with E-state index < -0.39 is 0 Å². The van der Waals surface area contributed by atoms with Gasteiger partial charge >= 0.3 is 0 Å². The average Bonchev–Trinajstić information content (AvgIpc) is 2.64. The predicted molar refractivity (Wildman–Crippen MR) is 56.7 cm³/mol. The van der Waals surface area contributed by atoms with Crippen LogP contribution in [-0.4, -0.2) is 32.3 Å². The molecule has 0 radical (unpaired) electrons. The van der Waals surface area contributed by atoms with Crippen molar-refractivity contribution in [2.75, 3.05) is 6.54 Å². The summed E-state index contributed by atoms with van der Waals surface area (Å²) < 4.78 is 1.85. The lowest BCUT2D eigenvalue weighted by Gasteiger charge is -2.24. The maximum atomic E-state index is 4.06. The lowest BCUT2D eigenvalue weighted by molar-refractivity contribution is 0.292. The maximum Gasteiger partial charge on any atom is 0.137 e. The molecule has 0 aliphatic rings. The van der Waals surface area contributed by atoms with Gasteiger partial charge in [0.15, 0.2) is 0 Å². The molecule has 1 aromatic rings. The third-order valence-corrected chi connectivity index (χ3v) is 2.06. The van der Waals surface area contributed by atoms with Crippen LogP contribution in [0.5, 0.6) is 0 Å². The minimum absolute atomic E-state index is 0.523. The number of hydrogen-bond acceptors (Lipinski definition) is 3. The average molecular weight is 194 g/mol. The van der Waals surface area contributed by atoms with Crippen LogP contribution in [0.1, 0.15) is 20.8 Å². The molecule has 1 aromatic heterocycles. The van der Waals surface area contributed by atoms with Gasteiger partial charge < -0.3 is 4.90 Å². The van der Waals surface area contributed by atoms with Gasteiger partial charge in [-0.1, -0.05) is 6.08 Å². The van der Waals surface area contributed by atoms with Crippen molar-refractivity contribution in [1.82, 2.24) is 19.7 Å². The summed E-state index contributed by atoms with van der Waals surface area (Å²) in [5, 5.41) is 4.06. The van der Waals surface area contributed by atoms with Gasteiger partial charge in [-0.2, -0.15) is 5.10 Å². The smallest absolute Gasteiger partial charge is 0.137 e. The second-order valence-corrected chi connectivity index (χ2v) is 3.47. The number of rotatable bonds is 5. The molecule has 0 aromatic carbocycles. The number of allylic oxidation sites excluding steroid dienone is 1. The van der Waals surface area contributed by atoms with E-state index in [0.29, 0.717) is 6.04 Å². The molecule has 0 amide bonds. The summed E-state index contributed by atoms with van der Waals surface area (Å²) in [6.07, 6.45) is 7.48. The molecule has 0 bridgehead atoms. The topological polar surface area (TPSA) is 34.0 Å². The van der Waals surface area contributed by atoms with E-state index in [1.807, 2.05) is 11.6 Å². The minimum Gasteiger partial charge on any atom is -0.373 e. The van der Waals surface area contributed by atoms with Crippen molar-refractivity contribution in [3.8, 4) is 0 Å². The van der Waals surface area contributed by atoms with Crippen LogP contribution < -0.4 is 0 Å². The van der Waals surface area contributed by atoms with Crippen molar-refractivity contribution < 1.29 is 0 Å². The van der Waals surface area contributed by atoms with E-state index in [4.69, 9.17) is 0 Å².